The van der Waals surface area contributed by atoms with Crippen molar-refractivity contribution in [1.82, 2.24) is 25.5 Å². The summed E-state index contributed by atoms with van der Waals surface area (Å²) in [5.74, 6) is -1.57. The van der Waals surface area contributed by atoms with E-state index in [0.29, 0.717) is 6.54 Å². The van der Waals surface area contributed by atoms with Crippen molar-refractivity contribution < 1.29 is 19.1 Å². The summed E-state index contributed by atoms with van der Waals surface area (Å²) < 4.78 is 10.3. The SMILES string of the molecule is COC(=O)[C@@H](N)COC1CCN(CCCCNC(=N)NC(=O)c2nc(Cl)c(N)nc2N)CC1. The molecule has 0 saturated carbocycles. The van der Waals surface area contributed by atoms with Crippen LogP contribution in [0.25, 0.3) is 0 Å². The van der Waals surface area contributed by atoms with Crippen molar-refractivity contribution in [2.75, 3.05) is 51.4 Å². The largest absolute Gasteiger partial charge is 0.468 e. The van der Waals surface area contributed by atoms with Gasteiger partial charge in [-0.25, -0.2) is 9.97 Å². The second-order valence-corrected chi connectivity index (χ2v) is 7.96. The number of nitrogen functional groups attached to an aromatic ring is 2. The summed E-state index contributed by atoms with van der Waals surface area (Å²) >= 11 is 5.77. The molecule has 1 aliphatic heterocycles. The van der Waals surface area contributed by atoms with Gasteiger partial charge in [-0.15, -0.1) is 0 Å². The number of nitrogens with two attached hydrogens (primary N) is 3. The van der Waals surface area contributed by atoms with Crippen LogP contribution in [0.5, 0.6) is 0 Å². The van der Waals surface area contributed by atoms with E-state index in [0.717, 1.165) is 45.3 Å². The van der Waals surface area contributed by atoms with Crippen molar-refractivity contribution >= 4 is 41.1 Å². The number of rotatable bonds is 10. The number of ether oxygens (including phenoxy) is 2. The molecule has 9 N–H and O–H groups in total. The maximum atomic E-state index is 12.2. The fourth-order valence-electron chi connectivity index (χ4n) is 3.26. The molecular weight excluding hydrogens is 454 g/mol. The molecule has 14 heteroatoms. The van der Waals surface area contributed by atoms with Crippen molar-refractivity contribution in [2.24, 2.45) is 5.73 Å². The van der Waals surface area contributed by atoms with Crippen LogP contribution in [0.3, 0.4) is 0 Å². The number of unbranched alkanes of at least 4 members (excludes halogenated alkanes) is 1. The number of methoxy groups -OCH3 is 1. The minimum atomic E-state index is -0.751. The summed E-state index contributed by atoms with van der Waals surface area (Å²) in [6.07, 6.45) is 3.60. The average Bonchev–Trinajstić information content (AvgIpc) is 2.79. The molecule has 184 valence electrons. The van der Waals surface area contributed by atoms with Gasteiger partial charge in [0.15, 0.2) is 28.4 Å². The van der Waals surface area contributed by atoms with Crippen molar-refractivity contribution in [3.63, 3.8) is 0 Å². The lowest BCUT2D eigenvalue weighted by atomic mass is 10.1. The molecule has 1 aromatic heterocycles. The van der Waals surface area contributed by atoms with Crippen LogP contribution in [0.2, 0.25) is 5.15 Å². The Hall–Kier alpha value is -2.74. The van der Waals surface area contributed by atoms with Crippen molar-refractivity contribution in [2.45, 2.75) is 37.8 Å². The molecule has 0 unspecified atom stereocenters. The number of esters is 1. The molecule has 1 atom stereocenters. The van der Waals surface area contributed by atoms with E-state index in [1.54, 1.807) is 0 Å². The van der Waals surface area contributed by atoms with Gasteiger partial charge in [0.05, 0.1) is 19.8 Å². The third-order valence-electron chi connectivity index (χ3n) is 5.11. The fourth-order valence-corrected chi connectivity index (χ4v) is 3.38. The molecule has 2 heterocycles. The summed E-state index contributed by atoms with van der Waals surface area (Å²) in [6, 6.07) is -0.751. The summed E-state index contributed by atoms with van der Waals surface area (Å²) in [4.78, 5) is 33.4. The highest BCUT2D eigenvalue weighted by atomic mass is 35.5. The molecule has 13 nitrogen and oxygen atoms in total. The van der Waals surface area contributed by atoms with Gasteiger partial charge in [-0.05, 0) is 32.2 Å². The lowest BCUT2D eigenvalue weighted by molar-refractivity contribution is -0.144. The highest BCUT2D eigenvalue weighted by Crippen LogP contribution is 2.17. The van der Waals surface area contributed by atoms with Crippen LogP contribution in [0, 0.1) is 5.41 Å². The number of aromatic nitrogens is 2. The van der Waals surface area contributed by atoms with Gasteiger partial charge in [-0.3, -0.25) is 20.3 Å². The van der Waals surface area contributed by atoms with Crippen LogP contribution in [0.4, 0.5) is 11.6 Å². The lowest BCUT2D eigenvalue weighted by Crippen LogP contribution is -2.42. The molecule has 0 aliphatic carbocycles. The maximum absolute atomic E-state index is 12.2. The third-order valence-corrected chi connectivity index (χ3v) is 5.39. The number of amides is 1. The van der Waals surface area contributed by atoms with Crippen LogP contribution in [-0.4, -0.2) is 84.7 Å². The van der Waals surface area contributed by atoms with E-state index in [-0.39, 0.29) is 41.2 Å². The molecule has 1 saturated heterocycles. The zero-order valence-electron chi connectivity index (χ0n) is 18.6. The average molecular weight is 486 g/mol. The van der Waals surface area contributed by atoms with Crippen LogP contribution >= 0.6 is 11.6 Å². The monoisotopic (exact) mass is 485 g/mol. The smallest absolute Gasteiger partial charge is 0.325 e. The molecule has 0 radical (unpaired) electrons. The van der Waals surface area contributed by atoms with Crippen LogP contribution < -0.4 is 27.8 Å². The number of hydrogen-bond acceptors (Lipinski definition) is 11. The highest BCUT2D eigenvalue weighted by Gasteiger charge is 2.22. The molecule has 0 bridgehead atoms. The van der Waals surface area contributed by atoms with E-state index < -0.39 is 17.9 Å². The van der Waals surface area contributed by atoms with Crippen molar-refractivity contribution in [1.29, 1.82) is 5.41 Å². The second-order valence-electron chi connectivity index (χ2n) is 7.60. The topological polar surface area (TPSA) is 208 Å². The minimum Gasteiger partial charge on any atom is -0.468 e. The van der Waals surface area contributed by atoms with Gasteiger partial charge in [0.25, 0.3) is 5.91 Å². The molecule has 0 aromatic carbocycles. The predicted molar refractivity (Wildman–Crippen MR) is 124 cm³/mol. The first kappa shape index (κ1) is 26.5. The maximum Gasteiger partial charge on any atom is 0.325 e. The zero-order valence-corrected chi connectivity index (χ0v) is 19.4. The highest BCUT2D eigenvalue weighted by molar-refractivity contribution is 6.31. The third kappa shape index (κ3) is 8.61. The Morgan fingerprint density at radius 2 is 1.94 bits per heavy atom. The van der Waals surface area contributed by atoms with E-state index in [9.17, 15) is 9.59 Å². The number of nitrogens with zero attached hydrogens (tertiary/aromatic N) is 3. The van der Waals surface area contributed by atoms with E-state index in [1.165, 1.54) is 7.11 Å². The van der Waals surface area contributed by atoms with Gasteiger partial charge in [0.1, 0.15) is 6.04 Å². The lowest BCUT2D eigenvalue weighted by Gasteiger charge is -2.32. The number of carbonyl (C=O) groups excluding carboxylic acids is 2. The number of anilines is 2. The summed E-state index contributed by atoms with van der Waals surface area (Å²) in [5, 5.41) is 12.9. The molecule has 1 aromatic rings. The van der Waals surface area contributed by atoms with Gasteiger partial charge in [0.2, 0.25) is 0 Å². The molecular formula is C19H32ClN9O4. The summed E-state index contributed by atoms with van der Waals surface area (Å²) in [5.41, 5.74) is 16.6. The Labute approximate surface area is 197 Å². The molecule has 2 rings (SSSR count). The zero-order chi connectivity index (χ0) is 24.4. The molecule has 33 heavy (non-hydrogen) atoms. The van der Waals surface area contributed by atoms with Gasteiger partial charge < -0.3 is 36.9 Å². The number of guanidine groups is 1. The molecule has 0 spiro atoms. The molecule has 1 fully saturated rings. The van der Waals surface area contributed by atoms with E-state index in [1.807, 2.05) is 0 Å². The first-order chi connectivity index (χ1) is 15.7. The number of carbonyl (C=O) groups is 2. The fraction of sp³-hybridized carbons (Fsp3) is 0.632. The van der Waals surface area contributed by atoms with E-state index >= 15 is 0 Å². The Morgan fingerprint density at radius 3 is 2.61 bits per heavy atom. The molecule has 1 amide bonds. The number of halogens is 1. The first-order valence-electron chi connectivity index (χ1n) is 10.6. The van der Waals surface area contributed by atoms with Crippen LogP contribution in [0.1, 0.15) is 36.2 Å². The Bertz CT molecular complexity index is 834. The van der Waals surface area contributed by atoms with Crippen molar-refractivity contribution in [3.8, 4) is 0 Å². The van der Waals surface area contributed by atoms with E-state index in [4.69, 9.17) is 38.9 Å². The van der Waals surface area contributed by atoms with Crippen molar-refractivity contribution in [3.05, 3.63) is 10.8 Å². The Balaban J connectivity index is 1.57. The number of likely N-dealkylation sites (tertiary alicyclic amines) is 1. The summed E-state index contributed by atoms with van der Waals surface area (Å²) in [6.45, 7) is 3.42. The van der Waals surface area contributed by atoms with Gasteiger partial charge in [0, 0.05) is 19.6 Å². The summed E-state index contributed by atoms with van der Waals surface area (Å²) in [7, 11) is 1.30. The second kappa shape index (κ2) is 13.1. The first-order valence-corrected chi connectivity index (χ1v) is 11.0. The number of hydrogen-bond donors (Lipinski definition) is 6. The van der Waals surface area contributed by atoms with Gasteiger partial charge >= 0.3 is 5.97 Å². The Morgan fingerprint density at radius 1 is 1.24 bits per heavy atom. The number of piperidine rings is 1. The van der Waals surface area contributed by atoms with Gasteiger partial charge in [-0.2, -0.15) is 0 Å². The Kier molecular flexibility index (Phi) is 10.5. The molecule has 1 aliphatic rings. The van der Waals surface area contributed by atoms with Gasteiger partial charge in [-0.1, -0.05) is 11.6 Å². The predicted octanol–water partition coefficient (Wildman–Crippen LogP) is -0.690. The standard InChI is InChI=1S/C19H32ClN9O4/c1-32-18(31)12(21)10-33-11-4-8-29(9-5-11)7-3-2-6-25-19(24)28-17(30)13-15(22)27-16(23)14(20)26-13/h11-12H,2-10,21H2,1H3,(H4,22,23,27)(H3,24,25,28,30)/t12-/m0/s1. The normalized spacial score (nSPS) is 15.6. The van der Waals surface area contributed by atoms with Crippen LogP contribution in [0.15, 0.2) is 0 Å². The quantitative estimate of drug-likeness (QED) is 0.106. The minimum absolute atomic E-state index is 0.0709. The van der Waals surface area contributed by atoms with Crippen LogP contribution in [-0.2, 0) is 14.3 Å². The van der Waals surface area contributed by atoms with E-state index in [2.05, 4.69) is 30.2 Å². The number of nitrogens with one attached hydrogen (secondary N) is 3.